The van der Waals surface area contributed by atoms with E-state index in [1.54, 1.807) is 0 Å². The van der Waals surface area contributed by atoms with Crippen LogP contribution in [0.3, 0.4) is 0 Å². The average molecular weight is 441 g/mol. The summed E-state index contributed by atoms with van der Waals surface area (Å²) in [5.74, 6) is -4.92. The maximum Gasteiger partial charge on any atom is 0.338 e. The first-order chi connectivity index (χ1) is 14.2. The second kappa shape index (κ2) is 8.97. The van der Waals surface area contributed by atoms with Gasteiger partial charge in [0.25, 0.3) is 0 Å². The minimum absolute atomic E-state index is 0.254. The standard InChI is InChI=1S/C20H18F3NO5S/c21-14-5-7-16(22)15(11-14)18(25)12-29-20(26)13-4-6-17(23)19(10-13)30(27,28)24-8-2-1-3-9-24/h4-7,10-11H,1-3,8-9,12H2. The summed E-state index contributed by atoms with van der Waals surface area (Å²) in [6, 6.07) is 4.95. The molecule has 10 heteroatoms. The molecule has 1 fully saturated rings. The van der Waals surface area contributed by atoms with Gasteiger partial charge in [0.1, 0.15) is 22.3 Å². The minimum atomic E-state index is -4.14. The zero-order valence-corrected chi connectivity index (χ0v) is 16.6. The summed E-state index contributed by atoms with van der Waals surface area (Å²) in [7, 11) is -4.14. The molecule has 2 aromatic rings. The van der Waals surface area contributed by atoms with Crippen molar-refractivity contribution in [3.05, 3.63) is 65.0 Å². The number of piperidine rings is 1. The summed E-state index contributed by atoms with van der Waals surface area (Å²) >= 11 is 0. The Bertz CT molecular complexity index is 1080. The summed E-state index contributed by atoms with van der Waals surface area (Å²) in [5.41, 5.74) is -0.880. The summed E-state index contributed by atoms with van der Waals surface area (Å²) in [5, 5.41) is 0. The molecule has 6 nitrogen and oxygen atoms in total. The van der Waals surface area contributed by atoms with Gasteiger partial charge in [-0.15, -0.1) is 0 Å². The van der Waals surface area contributed by atoms with Crippen LogP contribution < -0.4 is 0 Å². The van der Waals surface area contributed by atoms with Gasteiger partial charge in [0.2, 0.25) is 15.8 Å². The molecule has 30 heavy (non-hydrogen) atoms. The lowest BCUT2D eigenvalue weighted by Gasteiger charge is -2.26. The molecule has 1 heterocycles. The van der Waals surface area contributed by atoms with Gasteiger partial charge in [0.05, 0.1) is 11.1 Å². The molecule has 160 valence electrons. The van der Waals surface area contributed by atoms with Crippen LogP contribution in [0, 0.1) is 17.5 Å². The predicted molar refractivity (Wildman–Crippen MR) is 100.0 cm³/mol. The van der Waals surface area contributed by atoms with E-state index in [1.807, 2.05) is 0 Å². The fraction of sp³-hybridized carbons (Fsp3) is 0.300. The fourth-order valence-corrected chi connectivity index (χ4v) is 4.68. The van der Waals surface area contributed by atoms with E-state index in [4.69, 9.17) is 4.74 Å². The summed E-state index contributed by atoms with van der Waals surface area (Å²) < 4.78 is 72.4. The van der Waals surface area contributed by atoms with Gasteiger partial charge in [-0.3, -0.25) is 4.79 Å². The molecule has 0 bridgehead atoms. The minimum Gasteiger partial charge on any atom is -0.454 e. The van der Waals surface area contributed by atoms with Crippen molar-refractivity contribution in [1.82, 2.24) is 4.31 Å². The van der Waals surface area contributed by atoms with E-state index in [1.165, 1.54) is 0 Å². The normalized spacial score (nSPS) is 15.0. The fourth-order valence-electron chi connectivity index (χ4n) is 3.08. The number of rotatable bonds is 6. The van der Waals surface area contributed by atoms with Gasteiger partial charge in [-0.1, -0.05) is 6.42 Å². The number of carbonyl (C=O) groups excluding carboxylic acids is 2. The number of sulfonamides is 1. The lowest BCUT2D eigenvalue weighted by Crippen LogP contribution is -2.36. The van der Waals surface area contributed by atoms with Gasteiger partial charge in [0, 0.05) is 13.1 Å². The molecule has 0 atom stereocenters. The molecular weight excluding hydrogens is 423 g/mol. The van der Waals surface area contributed by atoms with Crippen molar-refractivity contribution in [1.29, 1.82) is 0 Å². The Morgan fingerprint density at radius 3 is 2.30 bits per heavy atom. The van der Waals surface area contributed by atoms with E-state index in [0.29, 0.717) is 18.9 Å². The van der Waals surface area contributed by atoms with Crippen LogP contribution in [-0.2, 0) is 14.8 Å². The highest BCUT2D eigenvalue weighted by Gasteiger charge is 2.29. The Balaban J connectivity index is 1.76. The number of hydrogen-bond acceptors (Lipinski definition) is 5. The number of nitrogens with zero attached hydrogens (tertiary/aromatic N) is 1. The monoisotopic (exact) mass is 441 g/mol. The van der Waals surface area contributed by atoms with Gasteiger partial charge >= 0.3 is 5.97 Å². The van der Waals surface area contributed by atoms with Crippen molar-refractivity contribution in [2.24, 2.45) is 0 Å². The first kappa shape index (κ1) is 22.0. The molecule has 1 aliphatic rings. The molecular formula is C20H18F3NO5S. The zero-order chi connectivity index (χ0) is 21.9. The van der Waals surface area contributed by atoms with Gasteiger partial charge < -0.3 is 4.74 Å². The van der Waals surface area contributed by atoms with Crippen LogP contribution in [0.1, 0.15) is 40.0 Å². The number of ether oxygens (including phenoxy) is 1. The molecule has 3 rings (SSSR count). The highest BCUT2D eigenvalue weighted by atomic mass is 32.2. The topological polar surface area (TPSA) is 80.8 Å². The van der Waals surface area contributed by atoms with Crippen LogP contribution in [0.2, 0.25) is 0 Å². The molecule has 0 unspecified atom stereocenters. The molecule has 0 aromatic heterocycles. The predicted octanol–water partition coefficient (Wildman–Crippen LogP) is 3.32. The van der Waals surface area contributed by atoms with E-state index in [2.05, 4.69) is 0 Å². The Morgan fingerprint density at radius 1 is 0.933 bits per heavy atom. The van der Waals surface area contributed by atoms with E-state index >= 15 is 0 Å². The van der Waals surface area contributed by atoms with E-state index < -0.39 is 56.3 Å². The molecule has 2 aromatic carbocycles. The van der Waals surface area contributed by atoms with Crippen molar-refractivity contribution in [2.45, 2.75) is 24.2 Å². The SMILES string of the molecule is O=C(OCC(=O)c1cc(F)ccc1F)c1ccc(F)c(S(=O)(=O)N2CCCCC2)c1. The smallest absolute Gasteiger partial charge is 0.338 e. The Morgan fingerprint density at radius 2 is 1.60 bits per heavy atom. The van der Waals surface area contributed by atoms with E-state index in [9.17, 15) is 31.2 Å². The number of halogens is 3. The zero-order valence-electron chi connectivity index (χ0n) is 15.7. The lowest BCUT2D eigenvalue weighted by molar-refractivity contribution is 0.0473. The Kier molecular flexibility index (Phi) is 6.57. The van der Waals surface area contributed by atoms with Crippen LogP contribution in [0.25, 0.3) is 0 Å². The number of ketones is 1. The summed E-state index contributed by atoms with van der Waals surface area (Å²) in [4.78, 5) is 23.6. The van der Waals surface area contributed by atoms with Gasteiger partial charge in [0.15, 0.2) is 6.61 Å². The number of esters is 1. The Hall–Kier alpha value is -2.72. The molecule has 0 aliphatic carbocycles. The summed E-state index contributed by atoms with van der Waals surface area (Å²) in [6.07, 6.45) is 2.18. The van der Waals surface area contributed by atoms with E-state index in [0.717, 1.165) is 41.1 Å². The lowest BCUT2D eigenvalue weighted by atomic mass is 10.1. The maximum absolute atomic E-state index is 14.2. The summed E-state index contributed by atoms with van der Waals surface area (Å²) in [6.45, 7) is -0.390. The number of carbonyl (C=O) groups is 2. The molecule has 1 aliphatic heterocycles. The van der Waals surface area contributed by atoms with Crippen molar-refractivity contribution in [2.75, 3.05) is 19.7 Å². The van der Waals surface area contributed by atoms with Crippen LogP contribution in [-0.4, -0.2) is 44.2 Å². The molecule has 0 radical (unpaired) electrons. The second-order valence-corrected chi connectivity index (χ2v) is 8.64. The quantitative estimate of drug-likeness (QED) is 0.508. The number of hydrogen-bond donors (Lipinski definition) is 0. The van der Waals surface area contributed by atoms with Crippen LogP contribution in [0.4, 0.5) is 13.2 Å². The third kappa shape index (κ3) is 4.71. The van der Waals surface area contributed by atoms with Crippen LogP contribution in [0.5, 0.6) is 0 Å². The third-order valence-corrected chi connectivity index (χ3v) is 6.58. The third-order valence-electron chi connectivity index (χ3n) is 4.66. The second-order valence-electron chi connectivity index (χ2n) is 6.73. The van der Waals surface area contributed by atoms with Gasteiger partial charge in [-0.25, -0.2) is 26.4 Å². The molecule has 0 saturated carbocycles. The Labute approximate surface area is 171 Å². The van der Waals surface area contributed by atoms with Gasteiger partial charge in [-0.05, 0) is 49.2 Å². The number of Topliss-reactive ketones (excluding diaryl/α,β-unsaturated/α-hetero) is 1. The molecule has 0 N–H and O–H groups in total. The van der Waals surface area contributed by atoms with Crippen LogP contribution in [0.15, 0.2) is 41.3 Å². The van der Waals surface area contributed by atoms with Gasteiger partial charge in [-0.2, -0.15) is 4.31 Å². The van der Waals surface area contributed by atoms with Crippen molar-refractivity contribution < 1.29 is 35.9 Å². The van der Waals surface area contributed by atoms with Crippen molar-refractivity contribution >= 4 is 21.8 Å². The van der Waals surface area contributed by atoms with E-state index in [-0.39, 0.29) is 18.7 Å². The first-order valence-corrected chi connectivity index (χ1v) is 10.6. The average Bonchev–Trinajstić information content (AvgIpc) is 2.74. The molecule has 1 saturated heterocycles. The molecule has 0 amide bonds. The van der Waals surface area contributed by atoms with Crippen LogP contribution >= 0.6 is 0 Å². The largest absolute Gasteiger partial charge is 0.454 e. The van der Waals surface area contributed by atoms with Crippen molar-refractivity contribution in [3.63, 3.8) is 0 Å². The van der Waals surface area contributed by atoms with Crippen molar-refractivity contribution in [3.8, 4) is 0 Å². The first-order valence-electron chi connectivity index (χ1n) is 9.15. The highest BCUT2D eigenvalue weighted by molar-refractivity contribution is 7.89. The maximum atomic E-state index is 14.2. The highest BCUT2D eigenvalue weighted by Crippen LogP contribution is 2.24. The number of benzene rings is 2. The molecule has 0 spiro atoms.